The molecule has 0 saturated carbocycles. The van der Waals surface area contributed by atoms with Gasteiger partial charge in [-0.15, -0.1) is 0 Å². The summed E-state index contributed by atoms with van der Waals surface area (Å²) in [5.41, 5.74) is 1.78. The number of methoxy groups -OCH3 is 1. The SMILES string of the molecule is COCc1ccc(C(=O)NCC2CNC2)cc1. The van der Waals surface area contributed by atoms with Crippen LogP contribution >= 0.6 is 0 Å². The molecule has 0 spiro atoms. The normalized spacial score (nSPS) is 15.4. The maximum atomic E-state index is 11.8. The molecule has 0 aliphatic carbocycles. The van der Waals surface area contributed by atoms with E-state index < -0.39 is 0 Å². The number of nitrogens with one attached hydrogen (secondary N) is 2. The summed E-state index contributed by atoms with van der Waals surface area (Å²) in [5.74, 6) is 0.590. The highest BCUT2D eigenvalue weighted by atomic mass is 16.5. The Morgan fingerprint density at radius 3 is 2.65 bits per heavy atom. The Hall–Kier alpha value is -1.39. The number of hydrogen-bond acceptors (Lipinski definition) is 3. The minimum Gasteiger partial charge on any atom is -0.380 e. The first-order valence-corrected chi connectivity index (χ1v) is 5.86. The topological polar surface area (TPSA) is 50.4 Å². The Labute approximate surface area is 101 Å². The maximum absolute atomic E-state index is 11.8. The van der Waals surface area contributed by atoms with Crippen LogP contribution in [0.1, 0.15) is 15.9 Å². The van der Waals surface area contributed by atoms with Gasteiger partial charge < -0.3 is 15.4 Å². The van der Waals surface area contributed by atoms with E-state index in [-0.39, 0.29) is 5.91 Å². The Morgan fingerprint density at radius 2 is 2.12 bits per heavy atom. The first-order chi connectivity index (χ1) is 8.29. The summed E-state index contributed by atoms with van der Waals surface area (Å²) in [4.78, 5) is 11.8. The van der Waals surface area contributed by atoms with Crippen molar-refractivity contribution in [2.45, 2.75) is 6.61 Å². The van der Waals surface area contributed by atoms with E-state index in [1.54, 1.807) is 7.11 Å². The van der Waals surface area contributed by atoms with Crippen molar-refractivity contribution in [1.29, 1.82) is 0 Å². The number of rotatable bonds is 5. The Kier molecular flexibility index (Phi) is 4.12. The summed E-state index contributed by atoms with van der Waals surface area (Å²) in [6, 6.07) is 7.51. The van der Waals surface area contributed by atoms with Crippen LogP contribution in [0, 0.1) is 5.92 Å². The van der Waals surface area contributed by atoms with E-state index in [0.29, 0.717) is 18.1 Å². The molecule has 0 unspecified atom stereocenters. The second kappa shape index (κ2) is 5.80. The van der Waals surface area contributed by atoms with E-state index in [1.165, 1.54) is 0 Å². The van der Waals surface area contributed by atoms with Crippen LogP contribution in [0.4, 0.5) is 0 Å². The van der Waals surface area contributed by atoms with Gasteiger partial charge in [0.15, 0.2) is 0 Å². The van der Waals surface area contributed by atoms with Gasteiger partial charge in [0.25, 0.3) is 5.91 Å². The number of benzene rings is 1. The summed E-state index contributed by atoms with van der Waals surface area (Å²) in [6.07, 6.45) is 0. The van der Waals surface area contributed by atoms with E-state index in [0.717, 1.165) is 25.2 Å². The van der Waals surface area contributed by atoms with Crippen LogP contribution in [0.25, 0.3) is 0 Å². The van der Waals surface area contributed by atoms with Gasteiger partial charge in [-0.25, -0.2) is 0 Å². The number of carbonyl (C=O) groups is 1. The lowest BCUT2D eigenvalue weighted by Gasteiger charge is -2.27. The molecule has 17 heavy (non-hydrogen) atoms. The largest absolute Gasteiger partial charge is 0.380 e. The highest BCUT2D eigenvalue weighted by Crippen LogP contribution is 2.06. The highest BCUT2D eigenvalue weighted by molar-refractivity contribution is 5.94. The lowest BCUT2D eigenvalue weighted by atomic mass is 10.0. The molecular formula is C13H18N2O2. The zero-order valence-corrected chi connectivity index (χ0v) is 10.0. The molecule has 1 aromatic carbocycles. The van der Waals surface area contributed by atoms with Crippen molar-refractivity contribution < 1.29 is 9.53 Å². The highest BCUT2D eigenvalue weighted by Gasteiger charge is 2.17. The van der Waals surface area contributed by atoms with Gasteiger partial charge in [-0.3, -0.25) is 4.79 Å². The van der Waals surface area contributed by atoms with Crippen molar-refractivity contribution in [2.75, 3.05) is 26.7 Å². The summed E-state index contributed by atoms with van der Waals surface area (Å²) in [5, 5.41) is 6.12. The van der Waals surface area contributed by atoms with Gasteiger partial charge in [0, 0.05) is 38.2 Å². The molecule has 1 aliphatic heterocycles. The molecule has 4 heteroatoms. The molecule has 0 bridgehead atoms. The number of hydrogen-bond donors (Lipinski definition) is 2. The molecule has 1 saturated heterocycles. The zero-order valence-electron chi connectivity index (χ0n) is 10.0. The fourth-order valence-electron chi connectivity index (χ4n) is 1.75. The quantitative estimate of drug-likeness (QED) is 0.791. The smallest absolute Gasteiger partial charge is 0.251 e. The Bertz CT molecular complexity index is 372. The molecule has 0 radical (unpaired) electrons. The van der Waals surface area contributed by atoms with Gasteiger partial charge in [-0.05, 0) is 17.7 Å². The van der Waals surface area contributed by atoms with E-state index in [4.69, 9.17) is 4.74 Å². The van der Waals surface area contributed by atoms with Crippen molar-refractivity contribution >= 4 is 5.91 Å². The van der Waals surface area contributed by atoms with E-state index in [9.17, 15) is 4.79 Å². The molecule has 0 aromatic heterocycles. The third kappa shape index (κ3) is 3.28. The summed E-state index contributed by atoms with van der Waals surface area (Å²) in [6.45, 7) is 3.35. The summed E-state index contributed by atoms with van der Waals surface area (Å²) in [7, 11) is 1.66. The molecule has 1 fully saturated rings. The predicted octanol–water partition coefficient (Wildman–Crippen LogP) is 0.782. The fourth-order valence-corrected chi connectivity index (χ4v) is 1.75. The monoisotopic (exact) mass is 234 g/mol. The molecule has 0 atom stereocenters. The minimum absolute atomic E-state index is 0.000803. The van der Waals surface area contributed by atoms with Crippen molar-refractivity contribution in [3.8, 4) is 0 Å². The molecule has 92 valence electrons. The second-order valence-corrected chi connectivity index (χ2v) is 4.36. The molecule has 2 N–H and O–H groups in total. The van der Waals surface area contributed by atoms with Crippen molar-refractivity contribution in [2.24, 2.45) is 5.92 Å². The molecule has 4 nitrogen and oxygen atoms in total. The van der Waals surface area contributed by atoms with Gasteiger partial charge in [-0.1, -0.05) is 12.1 Å². The van der Waals surface area contributed by atoms with Crippen LogP contribution < -0.4 is 10.6 Å². The average molecular weight is 234 g/mol. The number of ether oxygens (including phenoxy) is 1. The van der Waals surface area contributed by atoms with E-state index in [1.807, 2.05) is 24.3 Å². The first kappa shape index (κ1) is 12.1. The third-order valence-electron chi connectivity index (χ3n) is 2.94. The second-order valence-electron chi connectivity index (χ2n) is 4.36. The summed E-state index contributed by atoms with van der Waals surface area (Å²) < 4.78 is 5.02. The van der Waals surface area contributed by atoms with Gasteiger partial charge >= 0.3 is 0 Å². The molecular weight excluding hydrogens is 216 g/mol. The van der Waals surface area contributed by atoms with Crippen molar-refractivity contribution in [3.63, 3.8) is 0 Å². The maximum Gasteiger partial charge on any atom is 0.251 e. The van der Waals surface area contributed by atoms with Gasteiger partial charge in [-0.2, -0.15) is 0 Å². The minimum atomic E-state index is 0.000803. The molecule has 1 amide bonds. The van der Waals surface area contributed by atoms with Crippen LogP contribution in [0.3, 0.4) is 0 Å². The fraction of sp³-hybridized carbons (Fsp3) is 0.462. The number of amides is 1. The van der Waals surface area contributed by atoms with Gasteiger partial charge in [0.1, 0.15) is 0 Å². The number of carbonyl (C=O) groups excluding carboxylic acids is 1. The third-order valence-corrected chi connectivity index (χ3v) is 2.94. The molecule has 1 aliphatic rings. The molecule has 1 aromatic rings. The lowest BCUT2D eigenvalue weighted by Crippen LogP contribution is -2.48. The first-order valence-electron chi connectivity index (χ1n) is 5.86. The molecule has 1 heterocycles. The van der Waals surface area contributed by atoms with Crippen molar-refractivity contribution in [3.05, 3.63) is 35.4 Å². The van der Waals surface area contributed by atoms with Crippen LogP contribution in [0.15, 0.2) is 24.3 Å². The molecule has 2 rings (SSSR count). The predicted molar refractivity (Wildman–Crippen MR) is 65.8 cm³/mol. The van der Waals surface area contributed by atoms with E-state index in [2.05, 4.69) is 10.6 Å². The average Bonchev–Trinajstić information content (AvgIpc) is 2.28. The lowest BCUT2D eigenvalue weighted by molar-refractivity contribution is 0.0942. The van der Waals surface area contributed by atoms with E-state index >= 15 is 0 Å². The van der Waals surface area contributed by atoms with Gasteiger partial charge in [0.05, 0.1) is 6.61 Å². The van der Waals surface area contributed by atoms with Crippen LogP contribution in [0.5, 0.6) is 0 Å². The zero-order chi connectivity index (χ0) is 12.1. The van der Waals surface area contributed by atoms with Crippen LogP contribution in [0.2, 0.25) is 0 Å². The Balaban J connectivity index is 1.84. The standard InChI is InChI=1S/C13H18N2O2/c1-17-9-10-2-4-12(5-3-10)13(16)15-8-11-6-14-7-11/h2-5,11,14H,6-9H2,1H3,(H,15,16). The van der Waals surface area contributed by atoms with Crippen LogP contribution in [-0.4, -0.2) is 32.7 Å². The Morgan fingerprint density at radius 1 is 1.41 bits per heavy atom. The van der Waals surface area contributed by atoms with Gasteiger partial charge in [0.2, 0.25) is 0 Å². The van der Waals surface area contributed by atoms with Crippen molar-refractivity contribution in [1.82, 2.24) is 10.6 Å². The summed E-state index contributed by atoms with van der Waals surface area (Å²) >= 11 is 0. The van der Waals surface area contributed by atoms with Crippen LogP contribution in [-0.2, 0) is 11.3 Å².